The van der Waals surface area contributed by atoms with Gasteiger partial charge in [-0.05, 0) is 30.9 Å². The summed E-state index contributed by atoms with van der Waals surface area (Å²) in [6.07, 6.45) is 3.67. The summed E-state index contributed by atoms with van der Waals surface area (Å²) in [6.45, 7) is 2.95. The second kappa shape index (κ2) is 6.54. The zero-order valence-corrected chi connectivity index (χ0v) is 13.3. The van der Waals surface area contributed by atoms with Crippen LogP contribution in [0.5, 0.6) is 0 Å². The number of pyridine rings is 1. The molecule has 0 spiro atoms. The van der Waals surface area contributed by atoms with E-state index in [1.807, 2.05) is 22.8 Å². The Bertz CT molecular complexity index is 768. The smallest absolute Gasteiger partial charge is 0.242 e. The number of benzene rings is 1. The number of fused-ring (bicyclic) bond motifs is 1. The Labute approximate surface area is 135 Å². The van der Waals surface area contributed by atoms with Crippen molar-refractivity contribution in [2.45, 2.75) is 32.4 Å². The van der Waals surface area contributed by atoms with E-state index in [-0.39, 0.29) is 30.5 Å². The minimum absolute atomic E-state index is 0.00216. The van der Waals surface area contributed by atoms with Crippen LogP contribution in [-0.2, 0) is 11.3 Å². The van der Waals surface area contributed by atoms with E-state index in [0.29, 0.717) is 17.8 Å². The lowest BCUT2D eigenvalue weighted by molar-refractivity contribution is -0.138. The first-order valence-electron chi connectivity index (χ1n) is 8.10. The molecule has 0 radical (unpaired) electrons. The minimum Gasteiger partial charge on any atom is -0.394 e. The molecule has 1 aliphatic rings. The van der Waals surface area contributed by atoms with Gasteiger partial charge in [-0.15, -0.1) is 0 Å². The zero-order chi connectivity index (χ0) is 16.4. The molecule has 2 unspecified atom stereocenters. The number of nitrogens with zero attached hydrogens (tertiary/aromatic N) is 2. The van der Waals surface area contributed by atoms with Gasteiger partial charge in [0.15, 0.2) is 5.43 Å². The highest BCUT2D eigenvalue weighted by atomic mass is 16.3. The van der Waals surface area contributed by atoms with E-state index in [1.54, 1.807) is 17.2 Å². The number of hydrogen-bond donors (Lipinski definition) is 1. The highest BCUT2D eigenvalue weighted by Gasteiger charge is 2.31. The van der Waals surface area contributed by atoms with Crippen molar-refractivity contribution in [3.05, 3.63) is 46.8 Å². The van der Waals surface area contributed by atoms with Crippen LogP contribution in [0.4, 0.5) is 0 Å². The number of aromatic nitrogens is 1. The van der Waals surface area contributed by atoms with E-state index in [1.165, 1.54) is 6.07 Å². The fraction of sp³-hybridized carbons (Fsp3) is 0.444. The van der Waals surface area contributed by atoms with Crippen LogP contribution in [0.1, 0.15) is 19.8 Å². The SMILES string of the molecule is CC1CCCN(C(=O)Cn2ccc(=O)c3ccccc32)C1CO. The molecule has 0 aliphatic carbocycles. The maximum Gasteiger partial charge on any atom is 0.242 e. The third kappa shape index (κ3) is 3.01. The van der Waals surface area contributed by atoms with Gasteiger partial charge in [0.25, 0.3) is 0 Å². The Kier molecular flexibility index (Phi) is 4.48. The predicted molar refractivity (Wildman–Crippen MR) is 89.2 cm³/mol. The first-order chi connectivity index (χ1) is 11.1. The lowest BCUT2D eigenvalue weighted by Gasteiger charge is -2.39. The van der Waals surface area contributed by atoms with Crippen molar-refractivity contribution in [3.63, 3.8) is 0 Å². The summed E-state index contributed by atoms with van der Waals surface area (Å²) in [7, 11) is 0. The van der Waals surface area contributed by atoms with Gasteiger partial charge in [0.1, 0.15) is 6.54 Å². The normalized spacial score (nSPS) is 21.6. The van der Waals surface area contributed by atoms with E-state index in [4.69, 9.17) is 0 Å². The van der Waals surface area contributed by atoms with Crippen LogP contribution in [0, 0.1) is 5.92 Å². The quantitative estimate of drug-likeness (QED) is 0.936. The first-order valence-corrected chi connectivity index (χ1v) is 8.10. The van der Waals surface area contributed by atoms with Crippen molar-refractivity contribution in [2.24, 2.45) is 5.92 Å². The maximum atomic E-state index is 12.7. The van der Waals surface area contributed by atoms with Crippen molar-refractivity contribution < 1.29 is 9.90 Å². The van der Waals surface area contributed by atoms with Crippen molar-refractivity contribution in [1.82, 2.24) is 9.47 Å². The molecule has 1 N–H and O–H groups in total. The molecule has 0 bridgehead atoms. The highest BCUT2D eigenvalue weighted by molar-refractivity contribution is 5.82. The third-order valence-electron chi connectivity index (χ3n) is 4.81. The number of aliphatic hydroxyl groups excluding tert-OH is 1. The van der Waals surface area contributed by atoms with Gasteiger partial charge in [0.05, 0.1) is 18.2 Å². The number of carbonyl (C=O) groups is 1. The first kappa shape index (κ1) is 15.7. The summed E-state index contributed by atoms with van der Waals surface area (Å²) in [4.78, 5) is 26.4. The number of piperidine rings is 1. The van der Waals surface area contributed by atoms with E-state index < -0.39 is 0 Å². The molecule has 1 amide bonds. The predicted octanol–water partition coefficient (Wildman–Crippen LogP) is 1.62. The van der Waals surface area contributed by atoms with E-state index in [0.717, 1.165) is 18.4 Å². The minimum atomic E-state index is -0.109. The molecule has 1 aliphatic heterocycles. The second-order valence-corrected chi connectivity index (χ2v) is 6.28. The van der Waals surface area contributed by atoms with Gasteiger partial charge >= 0.3 is 0 Å². The molecule has 5 nitrogen and oxygen atoms in total. The van der Waals surface area contributed by atoms with Crippen molar-refractivity contribution >= 4 is 16.8 Å². The van der Waals surface area contributed by atoms with Crippen molar-refractivity contribution in [3.8, 4) is 0 Å². The monoisotopic (exact) mass is 314 g/mol. The Morgan fingerprint density at radius 1 is 1.30 bits per heavy atom. The van der Waals surface area contributed by atoms with E-state index >= 15 is 0 Å². The molecular formula is C18H22N2O3. The summed E-state index contributed by atoms with van der Waals surface area (Å²) >= 11 is 0. The van der Waals surface area contributed by atoms with Crippen molar-refractivity contribution in [1.29, 1.82) is 0 Å². The molecule has 3 rings (SSSR count). The fourth-order valence-electron chi connectivity index (χ4n) is 3.47. The molecule has 2 heterocycles. The fourth-order valence-corrected chi connectivity index (χ4v) is 3.47. The average molecular weight is 314 g/mol. The molecule has 2 aromatic rings. The lowest BCUT2D eigenvalue weighted by atomic mass is 9.91. The van der Waals surface area contributed by atoms with E-state index in [9.17, 15) is 14.7 Å². The number of hydrogen-bond acceptors (Lipinski definition) is 3. The number of para-hydroxylation sites is 1. The summed E-state index contributed by atoms with van der Waals surface area (Å²) < 4.78 is 1.81. The lowest BCUT2D eigenvalue weighted by Crippen LogP contribution is -2.50. The maximum absolute atomic E-state index is 12.7. The topological polar surface area (TPSA) is 62.5 Å². The van der Waals surface area contributed by atoms with Gasteiger partial charge in [-0.3, -0.25) is 9.59 Å². The van der Waals surface area contributed by atoms with Gasteiger partial charge in [0, 0.05) is 24.2 Å². The summed E-state index contributed by atoms with van der Waals surface area (Å²) in [5.74, 6) is 0.299. The molecule has 5 heteroatoms. The summed E-state index contributed by atoms with van der Waals surface area (Å²) in [6, 6.07) is 8.70. The average Bonchev–Trinajstić information content (AvgIpc) is 2.57. The molecule has 2 atom stereocenters. The molecule has 23 heavy (non-hydrogen) atoms. The van der Waals surface area contributed by atoms with Crippen LogP contribution in [0.3, 0.4) is 0 Å². The van der Waals surface area contributed by atoms with Gasteiger partial charge < -0.3 is 14.6 Å². The Balaban J connectivity index is 1.88. The number of rotatable bonds is 3. The highest BCUT2D eigenvalue weighted by Crippen LogP contribution is 2.23. The summed E-state index contributed by atoms with van der Waals surface area (Å²) in [5.41, 5.74) is 0.725. The second-order valence-electron chi connectivity index (χ2n) is 6.28. The number of amides is 1. The van der Waals surface area contributed by atoms with Crippen LogP contribution in [-0.4, -0.2) is 39.7 Å². The van der Waals surface area contributed by atoms with Crippen LogP contribution >= 0.6 is 0 Å². The number of carbonyl (C=O) groups excluding carboxylic acids is 1. The molecule has 1 saturated heterocycles. The summed E-state index contributed by atoms with van der Waals surface area (Å²) in [5, 5.41) is 10.2. The molecule has 1 aromatic heterocycles. The zero-order valence-electron chi connectivity index (χ0n) is 13.3. The Hall–Kier alpha value is -2.14. The third-order valence-corrected chi connectivity index (χ3v) is 4.81. The molecular weight excluding hydrogens is 292 g/mol. The standard InChI is InChI=1S/C18H22N2O3/c1-13-5-4-9-20(16(13)12-21)18(23)11-19-10-8-17(22)14-6-2-3-7-15(14)19/h2-3,6-8,10,13,16,21H,4-5,9,11-12H2,1H3. The van der Waals surface area contributed by atoms with Crippen LogP contribution in [0.2, 0.25) is 0 Å². The van der Waals surface area contributed by atoms with Gasteiger partial charge in [-0.25, -0.2) is 0 Å². The number of aliphatic hydroxyl groups is 1. The van der Waals surface area contributed by atoms with Crippen molar-refractivity contribution in [2.75, 3.05) is 13.2 Å². The Morgan fingerprint density at radius 2 is 2.09 bits per heavy atom. The molecule has 1 fully saturated rings. The van der Waals surface area contributed by atoms with E-state index in [2.05, 4.69) is 6.92 Å². The molecule has 1 aromatic carbocycles. The molecule has 0 saturated carbocycles. The van der Waals surface area contributed by atoms with Gasteiger partial charge in [0.2, 0.25) is 5.91 Å². The van der Waals surface area contributed by atoms with Gasteiger partial charge in [-0.1, -0.05) is 19.1 Å². The van der Waals surface area contributed by atoms with Crippen LogP contribution in [0.15, 0.2) is 41.3 Å². The van der Waals surface area contributed by atoms with Crippen LogP contribution in [0.25, 0.3) is 10.9 Å². The largest absolute Gasteiger partial charge is 0.394 e. The van der Waals surface area contributed by atoms with Crippen LogP contribution < -0.4 is 5.43 Å². The molecule has 122 valence electrons. The Morgan fingerprint density at radius 3 is 2.87 bits per heavy atom. The number of likely N-dealkylation sites (tertiary alicyclic amines) is 1. The van der Waals surface area contributed by atoms with Gasteiger partial charge in [-0.2, -0.15) is 0 Å².